The van der Waals surface area contributed by atoms with Gasteiger partial charge in [-0.25, -0.2) is 0 Å². The van der Waals surface area contributed by atoms with Crippen LogP contribution in [0.15, 0.2) is 22.7 Å². The third kappa shape index (κ3) is 5.48. The Kier molecular flexibility index (Phi) is 2.28. The molecule has 1 N–H and O–H groups in total. The van der Waals surface area contributed by atoms with Crippen LogP contribution in [0.25, 0.3) is 0 Å². The Balaban J connectivity index is 3.99. The fraction of sp³-hybridized carbons (Fsp3) is 0.684. The van der Waals surface area contributed by atoms with E-state index < -0.39 is 105 Å². The van der Waals surface area contributed by atoms with Crippen molar-refractivity contribution in [3.8, 4) is 0 Å². The van der Waals surface area contributed by atoms with E-state index in [1.54, 1.807) is 0 Å². The number of Topliss-reactive ketones (excluding diaryl/α,β-unsaturated/α-hetero) is 2. The van der Waals surface area contributed by atoms with Crippen LogP contribution in [0.1, 0.15) is 95.8 Å². The monoisotopic (exact) mass is 361 g/mol. The molecule has 0 radical (unpaired) electrons. The SMILES string of the molecule is [2H]C([2H])([2H])OC1=C(OC)C(=O)C(C([2H])([2H])C([2H])([2H])C([2H])([2H])C([2H])([2H])C([2H])([2H])C([2H])([2H])C([2H])([2H])C([2H])([2H])C([2H])([2H])C([2H])([2H])O)=C(C)C1=O. The van der Waals surface area contributed by atoms with E-state index in [-0.39, 0.29) is 0 Å². The molecule has 1 aliphatic carbocycles. The van der Waals surface area contributed by atoms with Gasteiger partial charge in [-0.1, -0.05) is 38.2 Å². The van der Waals surface area contributed by atoms with Crippen molar-refractivity contribution in [2.24, 2.45) is 0 Å². The summed E-state index contributed by atoms with van der Waals surface area (Å²) in [4.78, 5) is 26.2. The average Bonchev–Trinajstić information content (AvgIpc) is 2.84. The highest BCUT2D eigenvalue weighted by atomic mass is 16.5. The van der Waals surface area contributed by atoms with Gasteiger partial charge in [0.1, 0.15) is 0 Å². The zero-order valence-electron chi connectivity index (χ0n) is 35.6. The molecule has 136 valence electrons. The van der Waals surface area contributed by atoms with Gasteiger partial charge in [0.15, 0.2) is 0 Å². The lowest BCUT2D eigenvalue weighted by molar-refractivity contribution is -0.121. The molecule has 1 rings (SSSR count). The smallest absolute Gasteiger partial charge is 0.228 e. The summed E-state index contributed by atoms with van der Waals surface area (Å²) in [6.07, 6.45) is -41.8. The first kappa shape index (κ1) is 4.97. The van der Waals surface area contributed by atoms with Crippen LogP contribution < -0.4 is 0 Å². The lowest BCUT2D eigenvalue weighted by atomic mass is 9.89. The zero-order chi connectivity index (χ0) is 38.4. The van der Waals surface area contributed by atoms with E-state index in [1.165, 1.54) is 0 Å². The summed E-state index contributed by atoms with van der Waals surface area (Å²) in [5.41, 5.74) is -2.68. The highest BCUT2D eigenvalue weighted by Crippen LogP contribution is 2.28. The van der Waals surface area contributed by atoms with Gasteiger partial charge in [0.05, 0.1) is 21.0 Å². The predicted molar refractivity (Wildman–Crippen MR) is 92.4 cm³/mol. The fourth-order valence-corrected chi connectivity index (χ4v) is 1.51. The molecule has 0 aromatic heterocycles. The highest BCUT2D eigenvalue weighted by Gasteiger charge is 2.34. The molecule has 0 saturated heterocycles. The Bertz CT molecular complexity index is 1350. The largest absolute Gasteiger partial charge is 0.489 e. The molecule has 0 unspecified atom stereocenters. The van der Waals surface area contributed by atoms with Gasteiger partial charge in [-0.2, -0.15) is 0 Å². The first-order valence-electron chi connectivity index (χ1n) is 17.7. The molecule has 5 nitrogen and oxygen atoms in total. The molecular formula is C19H30O5. The molecule has 0 aromatic carbocycles. The van der Waals surface area contributed by atoms with Crippen LogP contribution in [-0.2, 0) is 19.1 Å². The number of hydrogen-bond donors (Lipinski definition) is 1. The van der Waals surface area contributed by atoms with Gasteiger partial charge in [0.25, 0.3) is 0 Å². The highest BCUT2D eigenvalue weighted by molar-refractivity contribution is 6.23. The number of hydrogen-bond acceptors (Lipinski definition) is 5. The summed E-state index contributed by atoms with van der Waals surface area (Å²) in [5.74, 6) is -5.94. The number of methoxy groups -OCH3 is 2. The van der Waals surface area contributed by atoms with E-state index in [9.17, 15) is 14.7 Å². The number of carbonyl (C=O) groups excluding carboxylic acids is 2. The average molecular weight is 362 g/mol. The molecule has 1 aliphatic rings. The summed E-state index contributed by atoms with van der Waals surface area (Å²) in [5, 5.41) is 9.50. The van der Waals surface area contributed by atoms with Crippen LogP contribution in [0.4, 0.5) is 0 Å². The van der Waals surface area contributed by atoms with Crippen molar-refractivity contribution in [1.82, 2.24) is 0 Å². The van der Waals surface area contributed by atoms with Gasteiger partial charge in [-0.05, 0) is 26.0 Å². The first-order chi connectivity index (χ1) is 20.1. The molecule has 0 aliphatic heterocycles. The standard InChI is InChI=1S/C19H30O5/c1-14-15(12-10-8-6-4-5-7-9-11-13-20)17(22)19(24-3)18(23-2)16(14)21/h20H,4-13H2,1-3H3/i2D3,4D2,5D2,6D2,7D2,8D2,9D2,10D2,11D2,12D2,13D2. The summed E-state index contributed by atoms with van der Waals surface area (Å²) >= 11 is 0. The molecule has 0 atom stereocenters. The summed E-state index contributed by atoms with van der Waals surface area (Å²) < 4.78 is 191. The summed E-state index contributed by atoms with van der Waals surface area (Å²) in [6, 6.07) is 0. The molecule has 0 heterocycles. The lowest BCUT2D eigenvalue weighted by Crippen LogP contribution is -2.25. The van der Waals surface area contributed by atoms with Crippen molar-refractivity contribution in [1.29, 1.82) is 0 Å². The second-order valence-corrected chi connectivity index (χ2v) is 3.86. The number of ether oxygens (including phenoxy) is 2. The van der Waals surface area contributed by atoms with Crippen molar-refractivity contribution in [2.45, 2.75) is 64.3 Å². The molecule has 0 aromatic rings. The molecule has 0 saturated carbocycles. The van der Waals surface area contributed by atoms with Crippen LogP contribution in [0.3, 0.4) is 0 Å². The maximum atomic E-state index is 13.3. The van der Waals surface area contributed by atoms with Gasteiger partial charge >= 0.3 is 0 Å². The second-order valence-electron chi connectivity index (χ2n) is 3.86. The summed E-state index contributed by atoms with van der Waals surface area (Å²) in [7, 11) is -2.68. The minimum Gasteiger partial charge on any atom is -0.489 e. The second kappa shape index (κ2) is 11.0. The molecule has 0 bridgehead atoms. The maximum absolute atomic E-state index is 13.3. The van der Waals surface area contributed by atoms with Gasteiger partial charge in [-0.3, -0.25) is 9.59 Å². The number of ketones is 2. The van der Waals surface area contributed by atoms with Crippen molar-refractivity contribution in [3.63, 3.8) is 0 Å². The number of allylic oxidation sites excluding steroid dienone is 2. The predicted octanol–water partition coefficient (Wildman–Crippen LogP) is 3.46. The van der Waals surface area contributed by atoms with Gasteiger partial charge < -0.3 is 14.6 Å². The molecule has 5 heteroatoms. The fourth-order valence-electron chi connectivity index (χ4n) is 1.51. The molecular weight excluding hydrogens is 308 g/mol. The first-order valence-corrected chi connectivity index (χ1v) is 6.15. The molecule has 24 heavy (non-hydrogen) atoms. The van der Waals surface area contributed by atoms with Gasteiger partial charge in [0.2, 0.25) is 23.1 Å². The van der Waals surface area contributed by atoms with Crippen molar-refractivity contribution in [3.05, 3.63) is 22.7 Å². The van der Waals surface area contributed by atoms with Crippen molar-refractivity contribution in [2.75, 3.05) is 20.7 Å². The summed E-state index contributed by atoms with van der Waals surface area (Å²) in [6.45, 7) is -3.61. The van der Waals surface area contributed by atoms with E-state index in [2.05, 4.69) is 9.47 Å². The van der Waals surface area contributed by atoms with Crippen molar-refractivity contribution >= 4 is 11.6 Å². The molecule has 0 spiro atoms. The Labute approximate surface area is 177 Å². The molecule has 0 fully saturated rings. The third-order valence-electron chi connectivity index (χ3n) is 2.55. The van der Waals surface area contributed by atoms with Crippen molar-refractivity contribution < 1.29 is 55.7 Å². The van der Waals surface area contributed by atoms with E-state index in [0.717, 1.165) is 0 Å². The van der Waals surface area contributed by atoms with Crippen LogP contribution in [0, 0.1) is 0 Å². The number of carbonyl (C=O) groups is 2. The quantitative estimate of drug-likeness (QED) is 0.539. The van der Waals surface area contributed by atoms with Crippen LogP contribution >= 0.6 is 0 Å². The lowest BCUT2D eigenvalue weighted by Gasteiger charge is -2.20. The Morgan fingerprint density at radius 2 is 1.46 bits per heavy atom. The molecule has 0 amide bonds. The van der Waals surface area contributed by atoms with E-state index >= 15 is 0 Å². The Hall–Kier alpha value is -1.62. The third-order valence-corrected chi connectivity index (χ3v) is 2.55. The minimum atomic E-state index is -4.85. The zero-order valence-corrected chi connectivity index (χ0v) is 12.6. The van der Waals surface area contributed by atoms with E-state index in [1.807, 2.05) is 0 Å². The normalized spacial score (nSPS) is 36.0. The Morgan fingerprint density at radius 1 is 0.917 bits per heavy atom. The van der Waals surface area contributed by atoms with E-state index in [0.29, 0.717) is 14.0 Å². The van der Waals surface area contributed by atoms with E-state index in [4.69, 9.17) is 31.5 Å². The van der Waals surface area contributed by atoms with Gasteiger partial charge in [-0.15, -0.1) is 0 Å². The van der Waals surface area contributed by atoms with Crippen LogP contribution in [-0.4, -0.2) is 37.4 Å². The number of rotatable bonds is 12. The maximum Gasteiger partial charge on any atom is 0.228 e. The Morgan fingerprint density at radius 3 is 2.00 bits per heavy atom. The van der Waals surface area contributed by atoms with Gasteiger partial charge in [0, 0.05) is 42.4 Å². The van der Waals surface area contributed by atoms with Crippen LogP contribution in [0.2, 0.25) is 0 Å². The van der Waals surface area contributed by atoms with Crippen LogP contribution in [0.5, 0.6) is 0 Å². The number of aliphatic hydroxyl groups is 1. The minimum absolute atomic E-state index is 0.658. The topological polar surface area (TPSA) is 72.8 Å².